The molecule has 0 aromatic heterocycles. The predicted octanol–water partition coefficient (Wildman–Crippen LogP) is -0.876. The molecule has 0 unspecified atom stereocenters. The van der Waals surface area contributed by atoms with Crippen LogP contribution in [0.25, 0.3) is 0 Å². The Morgan fingerprint density at radius 3 is 1.65 bits per heavy atom. The average Bonchev–Trinajstić information content (AvgIpc) is 2.14. The minimum absolute atomic E-state index is 0.0531. The van der Waals surface area contributed by atoms with Crippen molar-refractivity contribution in [2.24, 2.45) is 0 Å². The number of rotatable bonds is 3. The Morgan fingerprint density at radius 1 is 1.06 bits per heavy atom. The third-order valence-corrected chi connectivity index (χ3v) is 4.05. The van der Waals surface area contributed by atoms with E-state index in [4.69, 9.17) is 14.8 Å². The van der Waals surface area contributed by atoms with E-state index < -0.39 is 38.1 Å². The molecule has 1 aromatic rings. The van der Waals surface area contributed by atoms with Crippen molar-refractivity contribution in [2.45, 2.75) is 4.90 Å². The Labute approximate surface area is 113 Å². The molecule has 17 heavy (non-hydrogen) atoms. The van der Waals surface area contributed by atoms with Gasteiger partial charge in [-0.1, -0.05) is 0 Å². The molecule has 0 radical (unpaired) electrons. The van der Waals surface area contributed by atoms with Gasteiger partial charge in [-0.3, -0.25) is 0 Å². The first kappa shape index (κ1) is 14.1. The van der Waals surface area contributed by atoms with E-state index in [1.54, 1.807) is 0 Å². The number of carbonyl (C=O) groups is 2. The van der Waals surface area contributed by atoms with E-state index in [0.29, 0.717) is 0 Å². The van der Waals surface area contributed by atoms with Crippen LogP contribution < -0.4 is 2.81 Å². The van der Waals surface area contributed by atoms with Gasteiger partial charge in [-0.05, 0) is 0 Å². The first-order chi connectivity index (χ1) is 7.64. The molecule has 0 heterocycles. The number of hydrogen-bond donors (Lipinski definition) is 3. The minimum atomic E-state index is -4.64. The van der Waals surface area contributed by atoms with Crippen LogP contribution in [0.5, 0.6) is 0 Å². The van der Waals surface area contributed by atoms with Crippen molar-refractivity contribution in [3.05, 3.63) is 23.3 Å². The van der Waals surface area contributed by atoms with Crippen molar-refractivity contribution in [1.29, 1.82) is 0 Å². The normalized spacial score (nSPS) is 11.2. The SMILES string of the molecule is O=C(O)c1cc(S(=O)(=O)O)cc(C(=O)O)[c]1[Na]. The van der Waals surface area contributed by atoms with E-state index in [9.17, 15) is 18.0 Å². The van der Waals surface area contributed by atoms with Crippen LogP contribution in [-0.4, -0.2) is 63.1 Å². The number of carboxylic acids is 2. The number of carboxylic acid groups (broad SMARTS) is 2. The van der Waals surface area contributed by atoms with Crippen molar-refractivity contribution in [3.63, 3.8) is 0 Å². The van der Waals surface area contributed by atoms with Crippen LogP contribution >= 0.6 is 0 Å². The summed E-state index contributed by atoms with van der Waals surface area (Å²) < 4.78 is 30.6. The molecule has 1 rings (SSSR count). The van der Waals surface area contributed by atoms with Crippen molar-refractivity contribution < 1.29 is 32.8 Å². The monoisotopic (exact) mass is 268 g/mol. The second-order valence-electron chi connectivity index (χ2n) is 3.23. The zero-order chi connectivity index (χ0) is 13.4. The van der Waals surface area contributed by atoms with Gasteiger partial charge in [-0.2, -0.15) is 0 Å². The van der Waals surface area contributed by atoms with Crippen molar-refractivity contribution in [3.8, 4) is 0 Å². The zero-order valence-electron chi connectivity index (χ0n) is 8.54. The molecule has 0 fully saturated rings. The van der Waals surface area contributed by atoms with Crippen molar-refractivity contribution in [1.82, 2.24) is 0 Å². The molecule has 0 aliphatic carbocycles. The van der Waals surface area contributed by atoms with Crippen molar-refractivity contribution in [2.75, 3.05) is 0 Å². The molecule has 9 heteroatoms. The summed E-state index contributed by atoms with van der Waals surface area (Å²) in [7, 11) is -4.64. The van der Waals surface area contributed by atoms with Gasteiger partial charge in [0.1, 0.15) is 0 Å². The van der Waals surface area contributed by atoms with E-state index in [2.05, 4.69) is 0 Å². The van der Waals surface area contributed by atoms with Crippen LogP contribution in [0.15, 0.2) is 17.0 Å². The number of hydrogen-bond acceptors (Lipinski definition) is 4. The van der Waals surface area contributed by atoms with Crippen LogP contribution in [0.2, 0.25) is 0 Å². The fourth-order valence-corrected chi connectivity index (χ4v) is 2.53. The van der Waals surface area contributed by atoms with E-state index in [1.807, 2.05) is 0 Å². The molecular weight excluding hydrogens is 263 g/mol. The van der Waals surface area contributed by atoms with E-state index in [1.165, 1.54) is 0 Å². The molecule has 0 saturated heterocycles. The van der Waals surface area contributed by atoms with Gasteiger partial charge in [0, 0.05) is 0 Å². The third kappa shape index (κ3) is 3.05. The van der Waals surface area contributed by atoms with Gasteiger partial charge in [-0.25, -0.2) is 0 Å². The Bertz CT molecular complexity index is 569. The van der Waals surface area contributed by atoms with Gasteiger partial charge in [0.25, 0.3) is 0 Å². The molecule has 3 N–H and O–H groups in total. The Morgan fingerprint density at radius 2 is 1.41 bits per heavy atom. The molecule has 0 amide bonds. The quantitative estimate of drug-likeness (QED) is 0.479. The van der Waals surface area contributed by atoms with Gasteiger partial charge < -0.3 is 0 Å². The maximum absolute atomic E-state index is 10.9. The molecule has 0 bridgehead atoms. The third-order valence-electron chi connectivity index (χ3n) is 2.14. The second-order valence-corrected chi connectivity index (χ2v) is 5.65. The molecule has 7 nitrogen and oxygen atoms in total. The zero-order valence-corrected chi connectivity index (χ0v) is 11.4. The average molecular weight is 268 g/mol. The van der Waals surface area contributed by atoms with Gasteiger partial charge in [0.05, 0.1) is 0 Å². The molecule has 0 aliphatic rings. The summed E-state index contributed by atoms with van der Waals surface area (Å²) in [6.07, 6.45) is 0. The Balaban J connectivity index is 3.71. The van der Waals surface area contributed by atoms with Crippen LogP contribution in [0, 0.1) is 0 Å². The van der Waals surface area contributed by atoms with E-state index in [0.717, 1.165) is 12.1 Å². The summed E-state index contributed by atoms with van der Waals surface area (Å²) >= 11 is 0.119. The van der Waals surface area contributed by atoms with Crippen LogP contribution in [0.3, 0.4) is 0 Å². The summed E-state index contributed by atoms with van der Waals surface area (Å²) in [6.45, 7) is 0. The predicted molar refractivity (Wildman–Crippen MR) is 55.6 cm³/mol. The molecule has 0 aliphatic heterocycles. The molecule has 86 valence electrons. The summed E-state index contributed by atoms with van der Waals surface area (Å²) in [4.78, 5) is 20.9. The van der Waals surface area contributed by atoms with E-state index >= 15 is 0 Å². The number of aromatic carboxylic acids is 2. The summed E-state index contributed by atoms with van der Waals surface area (Å²) in [6, 6.07) is 1.48. The maximum atomic E-state index is 10.9. The Kier molecular flexibility index (Phi) is 3.95. The summed E-state index contributed by atoms with van der Waals surface area (Å²) in [5.41, 5.74) is -0.853. The van der Waals surface area contributed by atoms with Gasteiger partial charge in [0.15, 0.2) is 0 Å². The Hall–Kier alpha value is -0.930. The van der Waals surface area contributed by atoms with Gasteiger partial charge in [0.2, 0.25) is 0 Å². The van der Waals surface area contributed by atoms with Gasteiger partial charge in [-0.15, -0.1) is 0 Å². The fraction of sp³-hybridized carbons (Fsp3) is 0. The second kappa shape index (κ2) is 4.75. The molecule has 0 spiro atoms. The van der Waals surface area contributed by atoms with E-state index in [-0.39, 0.29) is 30.7 Å². The molecule has 0 atom stereocenters. The fourth-order valence-electron chi connectivity index (χ4n) is 1.28. The first-order valence-corrected chi connectivity index (χ1v) is 6.67. The molecule has 0 saturated carbocycles. The van der Waals surface area contributed by atoms with Gasteiger partial charge >= 0.3 is 114 Å². The molecule has 1 aromatic carbocycles. The summed E-state index contributed by atoms with van der Waals surface area (Å²) in [5.74, 6) is -2.88. The van der Waals surface area contributed by atoms with Crippen molar-refractivity contribution >= 4 is 52.8 Å². The van der Waals surface area contributed by atoms with Crippen LogP contribution in [0.4, 0.5) is 0 Å². The number of benzene rings is 1. The first-order valence-electron chi connectivity index (χ1n) is 4.23. The van der Waals surface area contributed by atoms with Crippen LogP contribution in [0.1, 0.15) is 20.7 Å². The topological polar surface area (TPSA) is 129 Å². The standard InChI is InChI=1S/C8H5O7S.Na/c9-7(10)4-1-5(8(11)12)3-6(2-4)16(13,14)15;/h2-3H,(H,9,10)(H,11,12)(H,13,14,15);. The van der Waals surface area contributed by atoms with Crippen LogP contribution in [-0.2, 0) is 10.1 Å². The molecular formula is C8H5NaO7S. The summed E-state index contributed by atoms with van der Waals surface area (Å²) in [5, 5.41) is 17.6.